The third kappa shape index (κ3) is 5.10. The molecule has 4 nitrogen and oxygen atoms in total. The van der Waals surface area contributed by atoms with Crippen LogP contribution in [0.25, 0.3) is 0 Å². The Kier molecular flexibility index (Phi) is 6.14. The van der Waals surface area contributed by atoms with Gasteiger partial charge in [0.1, 0.15) is 11.5 Å². The molecule has 0 saturated carbocycles. The molecule has 2 heterocycles. The molecule has 0 unspecified atom stereocenters. The highest BCUT2D eigenvalue weighted by Crippen LogP contribution is 2.16. The first kappa shape index (κ1) is 15.9. The molecule has 0 aliphatic carbocycles. The van der Waals surface area contributed by atoms with Gasteiger partial charge in [0.2, 0.25) is 5.88 Å². The van der Waals surface area contributed by atoms with Gasteiger partial charge in [0.05, 0.1) is 18.4 Å². The second kappa shape index (κ2) is 8.10. The minimum Gasteiger partial charge on any atom is -0.475 e. The largest absolute Gasteiger partial charge is 0.475 e. The summed E-state index contributed by atoms with van der Waals surface area (Å²) in [6.45, 7) is 5.41. The summed E-state index contributed by atoms with van der Waals surface area (Å²) < 4.78 is 11.4. The van der Waals surface area contributed by atoms with Gasteiger partial charge < -0.3 is 14.5 Å². The van der Waals surface area contributed by atoms with E-state index < -0.39 is 0 Å². The monoisotopic (exact) mass is 306 g/mol. The Hall–Kier alpha value is -1.46. The number of rotatable bonds is 8. The van der Waals surface area contributed by atoms with E-state index in [1.54, 1.807) is 18.0 Å². The minimum absolute atomic E-state index is 0.123. The van der Waals surface area contributed by atoms with E-state index in [1.165, 1.54) is 0 Å². The van der Waals surface area contributed by atoms with Gasteiger partial charge in [-0.05, 0) is 38.3 Å². The summed E-state index contributed by atoms with van der Waals surface area (Å²) >= 11 is 1.76. The van der Waals surface area contributed by atoms with Gasteiger partial charge in [-0.15, -0.1) is 0 Å². The van der Waals surface area contributed by atoms with Gasteiger partial charge in [0.15, 0.2) is 0 Å². The van der Waals surface area contributed by atoms with Crippen LogP contribution in [-0.4, -0.2) is 17.3 Å². The average Bonchev–Trinajstić information content (AvgIpc) is 2.88. The summed E-state index contributed by atoms with van der Waals surface area (Å²) in [6.07, 6.45) is 3.94. The van der Waals surface area contributed by atoms with Gasteiger partial charge in [0, 0.05) is 18.3 Å². The SMILES string of the molecule is CSCc1ccc(CNCc2cccnc2OC(C)C)o1. The maximum Gasteiger partial charge on any atom is 0.218 e. The second-order valence-electron chi connectivity index (χ2n) is 5.04. The Morgan fingerprint density at radius 2 is 2.05 bits per heavy atom. The van der Waals surface area contributed by atoms with E-state index in [-0.39, 0.29) is 6.10 Å². The molecule has 114 valence electrons. The van der Waals surface area contributed by atoms with Crippen molar-refractivity contribution in [2.75, 3.05) is 6.26 Å². The predicted octanol–water partition coefficient (Wildman–Crippen LogP) is 3.61. The first-order valence-corrected chi connectivity index (χ1v) is 8.46. The number of furan rings is 1. The molecule has 5 heteroatoms. The molecular formula is C16H22N2O2S. The van der Waals surface area contributed by atoms with Gasteiger partial charge in [0.25, 0.3) is 0 Å². The van der Waals surface area contributed by atoms with Crippen LogP contribution >= 0.6 is 11.8 Å². The molecule has 2 rings (SSSR count). The molecule has 0 aliphatic heterocycles. The smallest absolute Gasteiger partial charge is 0.218 e. The van der Waals surface area contributed by atoms with Gasteiger partial charge in [-0.3, -0.25) is 0 Å². The third-order valence-corrected chi connectivity index (χ3v) is 3.39. The van der Waals surface area contributed by atoms with Crippen LogP contribution in [0.4, 0.5) is 0 Å². The number of nitrogens with one attached hydrogen (secondary N) is 1. The first-order chi connectivity index (χ1) is 10.2. The zero-order valence-electron chi connectivity index (χ0n) is 12.8. The number of aromatic nitrogens is 1. The van der Waals surface area contributed by atoms with Crippen molar-refractivity contribution in [1.29, 1.82) is 0 Å². The molecule has 21 heavy (non-hydrogen) atoms. The lowest BCUT2D eigenvalue weighted by atomic mass is 10.2. The van der Waals surface area contributed by atoms with Crippen LogP contribution in [0.3, 0.4) is 0 Å². The maximum atomic E-state index is 5.73. The summed E-state index contributed by atoms with van der Waals surface area (Å²) in [5, 5.41) is 3.37. The van der Waals surface area contributed by atoms with Gasteiger partial charge in [-0.25, -0.2) is 4.98 Å². The fraction of sp³-hybridized carbons (Fsp3) is 0.438. The van der Waals surface area contributed by atoms with Gasteiger partial charge in [-0.2, -0.15) is 11.8 Å². The van der Waals surface area contributed by atoms with E-state index in [4.69, 9.17) is 9.15 Å². The van der Waals surface area contributed by atoms with Crippen molar-refractivity contribution in [3.8, 4) is 5.88 Å². The highest BCUT2D eigenvalue weighted by Gasteiger charge is 2.07. The number of nitrogens with zero attached hydrogens (tertiary/aromatic N) is 1. The zero-order chi connectivity index (χ0) is 15.1. The molecule has 2 aromatic heterocycles. The Labute approximate surface area is 130 Å². The van der Waals surface area contributed by atoms with E-state index in [0.29, 0.717) is 19.0 Å². The Balaban J connectivity index is 1.87. The summed E-state index contributed by atoms with van der Waals surface area (Å²) in [6, 6.07) is 8.00. The number of hydrogen-bond donors (Lipinski definition) is 1. The Morgan fingerprint density at radius 3 is 2.81 bits per heavy atom. The average molecular weight is 306 g/mol. The van der Waals surface area contributed by atoms with Crippen molar-refractivity contribution in [2.45, 2.75) is 38.8 Å². The number of hydrogen-bond acceptors (Lipinski definition) is 5. The van der Waals surface area contributed by atoms with Crippen LogP contribution in [0.1, 0.15) is 30.9 Å². The summed E-state index contributed by atoms with van der Waals surface area (Å²) in [5.74, 6) is 3.58. The van der Waals surface area contributed by atoms with Crippen LogP contribution in [0.2, 0.25) is 0 Å². The molecule has 1 N–H and O–H groups in total. The molecule has 0 amide bonds. The van der Waals surface area contributed by atoms with Crippen LogP contribution in [0.15, 0.2) is 34.9 Å². The lowest BCUT2D eigenvalue weighted by Gasteiger charge is -2.12. The van der Waals surface area contributed by atoms with Gasteiger partial charge in [-0.1, -0.05) is 6.07 Å². The van der Waals surface area contributed by atoms with Crippen LogP contribution in [0, 0.1) is 0 Å². The highest BCUT2D eigenvalue weighted by atomic mass is 32.2. The van der Waals surface area contributed by atoms with Crippen molar-refractivity contribution in [3.05, 3.63) is 47.5 Å². The van der Waals surface area contributed by atoms with Crippen LogP contribution < -0.4 is 10.1 Å². The Bertz CT molecular complexity index is 555. The van der Waals surface area contributed by atoms with Crippen molar-refractivity contribution in [3.63, 3.8) is 0 Å². The molecule has 0 radical (unpaired) electrons. The fourth-order valence-electron chi connectivity index (χ4n) is 1.95. The highest BCUT2D eigenvalue weighted by molar-refractivity contribution is 7.97. The van der Waals surface area contributed by atoms with Crippen molar-refractivity contribution in [1.82, 2.24) is 10.3 Å². The van der Waals surface area contributed by atoms with Crippen molar-refractivity contribution in [2.24, 2.45) is 0 Å². The van der Waals surface area contributed by atoms with E-state index >= 15 is 0 Å². The lowest BCUT2D eigenvalue weighted by Crippen LogP contribution is -2.15. The predicted molar refractivity (Wildman–Crippen MR) is 86.5 cm³/mol. The number of ether oxygens (including phenoxy) is 1. The molecule has 2 aromatic rings. The van der Waals surface area contributed by atoms with Crippen molar-refractivity contribution < 1.29 is 9.15 Å². The van der Waals surface area contributed by atoms with Crippen molar-refractivity contribution >= 4 is 11.8 Å². The minimum atomic E-state index is 0.123. The van der Waals surface area contributed by atoms with Crippen LogP contribution in [0.5, 0.6) is 5.88 Å². The van der Waals surface area contributed by atoms with Gasteiger partial charge >= 0.3 is 0 Å². The standard InChI is InChI=1S/C16H22N2O2S/c1-12(2)19-16-13(5-4-8-18-16)9-17-10-14-6-7-15(20-14)11-21-3/h4-8,12,17H,9-11H2,1-3H3. The number of pyridine rings is 1. The quantitative estimate of drug-likeness (QED) is 0.807. The lowest BCUT2D eigenvalue weighted by molar-refractivity contribution is 0.229. The normalized spacial score (nSPS) is 11.0. The molecule has 0 spiro atoms. The molecule has 0 saturated heterocycles. The number of thioether (sulfide) groups is 1. The molecule has 0 bridgehead atoms. The topological polar surface area (TPSA) is 47.3 Å². The second-order valence-corrected chi connectivity index (χ2v) is 5.90. The molecular weight excluding hydrogens is 284 g/mol. The first-order valence-electron chi connectivity index (χ1n) is 7.07. The maximum absolute atomic E-state index is 5.73. The molecule has 0 atom stereocenters. The zero-order valence-corrected chi connectivity index (χ0v) is 13.6. The van der Waals surface area contributed by atoms with E-state index in [9.17, 15) is 0 Å². The van der Waals surface area contributed by atoms with E-state index in [2.05, 4.69) is 16.6 Å². The van der Waals surface area contributed by atoms with E-state index in [0.717, 1.165) is 22.8 Å². The molecule has 0 fully saturated rings. The van der Waals surface area contributed by atoms with Crippen LogP contribution in [-0.2, 0) is 18.8 Å². The summed E-state index contributed by atoms with van der Waals surface area (Å²) in [5.41, 5.74) is 1.06. The Morgan fingerprint density at radius 1 is 1.24 bits per heavy atom. The summed E-state index contributed by atoms with van der Waals surface area (Å²) in [4.78, 5) is 4.28. The van der Waals surface area contributed by atoms with E-state index in [1.807, 2.05) is 38.1 Å². The summed E-state index contributed by atoms with van der Waals surface area (Å²) in [7, 11) is 0. The third-order valence-electron chi connectivity index (χ3n) is 2.82. The molecule has 0 aliphatic rings. The molecule has 0 aromatic carbocycles. The fourth-order valence-corrected chi connectivity index (χ4v) is 2.39.